The molecule has 11 heteroatoms. The first-order valence-electron chi connectivity index (χ1n) is 8.03. The number of rotatable bonds is 8. The molecule has 0 saturated carbocycles. The van der Waals surface area contributed by atoms with Crippen LogP contribution in [0.25, 0.3) is 0 Å². The zero-order valence-corrected chi connectivity index (χ0v) is 16.0. The molecule has 154 valence electrons. The van der Waals surface area contributed by atoms with Crippen LogP contribution in [0.3, 0.4) is 0 Å². The Bertz CT molecular complexity index is 846. The van der Waals surface area contributed by atoms with Crippen LogP contribution in [-0.2, 0) is 9.47 Å². The summed E-state index contributed by atoms with van der Waals surface area (Å²) in [6.45, 7) is 0. The van der Waals surface area contributed by atoms with Gasteiger partial charge in [-0.1, -0.05) is 0 Å². The highest BCUT2D eigenvalue weighted by molar-refractivity contribution is 6.20. The summed E-state index contributed by atoms with van der Waals surface area (Å²) in [5.74, 6) is -3.85. The van der Waals surface area contributed by atoms with E-state index in [1.54, 1.807) is 0 Å². The fraction of sp³-hybridized carbons (Fsp3) is 0.222. The third-order valence-corrected chi connectivity index (χ3v) is 3.73. The monoisotopic (exact) mass is 410 g/mol. The molecule has 2 aromatic rings. The van der Waals surface area contributed by atoms with E-state index in [-0.39, 0.29) is 34.1 Å². The molecule has 0 aliphatic heterocycles. The number of methoxy groups -OCH3 is 4. The maximum absolute atomic E-state index is 14.2. The number of carbonyl (C=O) groups is 2. The molecule has 0 bridgehead atoms. The summed E-state index contributed by atoms with van der Waals surface area (Å²) in [5.41, 5.74) is -0.762. The van der Waals surface area contributed by atoms with Gasteiger partial charge < -0.3 is 28.3 Å². The van der Waals surface area contributed by atoms with Crippen LogP contribution in [0.4, 0.5) is 8.78 Å². The molecular weight excluding hydrogens is 393 g/mol. The van der Waals surface area contributed by atoms with Crippen molar-refractivity contribution in [3.63, 3.8) is 0 Å². The van der Waals surface area contributed by atoms with Crippen molar-refractivity contribution in [3.05, 3.63) is 47.0 Å². The molecule has 0 fully saturated rings. The first-order chi connectivity index (χ1) is 13.9. The number of hydrogen-bond donors (Lipinski definition) is 0. The Morgan fingerprint density at radius 3 is 1.41 bits per heavy atom. The van der Waals surface area contributed by atoms with Gasteiger partial charge in [0.2, 0.25) is 0 Å². The molecule has 8 nitrogen and oxygen atoms in total. The number of carbonyl (C=O) groups excluding carboxylic acids is 2. The molecule has 0 atom stereocenters. The summed E-state index contributed by atoms with van der Waals surface area (Å²) in [5, 5.41) is 0. The Morgan fingerprint density at radius 1 is 0.724 bits per heavy atom. The van der Waals surface area contributed by atoms with Crippen molar-refractivity contribution in [1.82, 2.24) is 0 Å². The zero-order valence-electron chi connectivity index (χ0n) is 16.0. The van der Waals surface area contributed by atoms with Crippen LogP contribution in [0.5, 0.6) is 23.0 Å². The van der Waals surface area contributed by atoms with Crippen molar-refractivity contribution >= 4 is 19.6 Å². The lowest BCUT2D eigenvalue weighted by Gasteiger charge is -2.13. The normalized spacial score (nSPS) is 10.0. The first kappa shape index (κ1) is 21.8. The van der Waals surface area contributed by atoms with Crippen LogP contribution in [0.1, 0.15) is 20.7 Å². The van der Waals surface area contributed by atoms with E-state index in [4.69, 9.17) is 18.8 Å². The van der Waals surface area contributed by atoms with Gasteiger partial charge in [-0.3, -0.25) is 0 Å². The summed E-state index contributed by atoms with van der Waals surface area (Å²) in [4.78, 5) is 23.3. The molecule has 0 radical (unpaired) electrons. The minimum Gasteiger partial charge on any atom is -0.528 e. The fourth-order valence-corrected chi connectivity index (χ4v) is 2.37. The van der Waals surface area contributed by atoms with E-state index in [2.05, 4.69) is 9.47 Å². The van der Waals surface area contributed by atoms with Gasteiger partial charge in [0, 0.05) is 24.3 Å². The smallest absolute Gasteiger partial charge is 0.528 e. The second kappa shape index (κ2) is 9.62. The van der Waals surface area contributed by atoms with Gasteiger partial charge in [0.25, 0.3) is 0 Å². The van der Waals surface area contributed by atoms with Gasteiger partial charge in [-0.2, -0.15) is 0 Å². The van der Waals surface area contributed by atoms with E-state index in [0.717, 1.165) is 26.4 Å². The quantitative estimate of drug-likeness (QED) is 0.484. The minimum absolute atomic E-state index is 0.00868. The summed E-state index contributed by atoms with van der Waals surface area (Å²) in [7, 11) is 4.27. The lowest BCUT2D eigenvalue weighted by atomic mass is 10.1. The third-order valence-electron chi connectivity index (χ3n) is 3.73. The molecule has 0 aliphatic carbocycles. The minimum atomic E-state index is -0.915. The molecule has 0 spiro atoms. The lowest BCUT2D eigenvalue weighted by Crippen LogP contribution is -2.14. The number of halogens is 2. The van der Waals surface area contributed by atoms with Crippen molar-refractivity contribution in [2.45, 2.75) is 0 Å². The van der Waals surface area contributed by atoms with E-state index in [0.29, 0.717) is 0 Å². The average Bonchev–Trinajstić information content (AvgIpc) is 2.71. The van der Waals surface area contributed by atoms with Crippen molar-refractivity contribution < 1.29 is 46.6 Å². The summed E-state index contributed by atoms with van der Waals surface area (Å²) in [6, 6.07) is 4.42. The standard InChI is InChI=1S/C18H17BF2O8/c1-24-13-7-9(5-11(20)15(13)17(22)26-3)28-19-29-10-6-12(21)16(18(23)27-4)14(8-10)25-2/h5-8,19H,1-4H3. The summed E-state index contributed by atoms with van der Waals surface area (Å²) < 4.78 is 57.8. The molecule has 29 heavy (non-hydrogen) atoms. The highest BCUT2D eigenvalue weighted by Gasteiger charge is 2.22. The number of ether oxygens (including phenoxy) is 4. The zero-order chi connectivity index (χ0) is 21.6. The molecular formula is C18H17BF2O8. The van der Waals surface area contributed by atoms with Gasteiger partial charge in [0.1, 0.15) is 45.8 Å². The fourth-order valence-electron chi connectivity index (χ4n) is 2.37. The van der Waals surface area contributed by atoms with Gasteiger partial charge in [0.15, 0.2) is 0 Å². The second-order valence-electron chi connectivity index (χ2n) is 5.35. The second-order valence-corrected chi connectivity index (χ2v) is 5.35. The average molecular weight is 410 g/mol. The predicted molar refractivity (Wildman–Crippen MR) is 97.0 cm³/mol. The van der Waals surface area contributed by atoms with Crippen LogP contribution in [-0.4, -0.2) is 48.1 Å². The Hall–Kier alpha value is -3.50. The van der Waals surface area contributed by atoms with Crippen LogP contribution in [0.15, 0.2) is 24.3 Å². The molecule has 0 N–H and O–H groups in total. The predicted octanol–water partition coefficient (Wildman–Crippen LogP) is 2.28. The third kappa shape index (κ3) is 4.87. The Kier molecular flexibility index (Phi) is 7.24. The van der Waals surface area contributed by atoms with Crippen LogP contribution in [0.2, 0.25) is 0 Å². The maximum Gasteiger partial charge on any atom is 0.576 e. The van der Waals surface area contributed by atoms with E-state index in [1.165, 1.54) is 26.4 Å². The molecule has 0 unspecified atom stereocenters. The van der Waals surface area contributed by atoms with Crippen molar-refractivity contribution in [1.29, 1.82) is 0 Å². The van der Waals surface area contributed by atoms with Crippen molar-refractivity contribution in [2.75, 3.05) is 28.4 Å². The summed E-state index contributed by atoms with van der Waals surface area (Å²) in [6.07, 6.45) is 0. The van der Waals surface area contributed by atoms with Gasteiger partial charge in [-0.05, 0) is 0 Å². The number of hydrogen-bond acceptors (Lipinski definition) is 8. The Labute approximate surface area is 165 Å². The van der Waals surface area contributed by atoms with Crippen LogP contribution >= 0.6 is 0 Å². The van der Waals surface area contributed by atoms with Gasteiger partial charge in [-0.25, -0.2) is 18.4 Å². The molecule has 2 rings (SSSR count). The summed E-state index contributed by atoms with van der Waals surface area (Å²) >= 11 is 0. The largest absolute Gasteiger partial charge is 0.576 e. The van der Waals surface area contributed by atoms with Crippen LogP contribution in [0, 0.1) is 11.6 Å². The molecule has 0 heterocycles. The number of esters is 2. The molecule has 2 aromatic carbocycles. The van der Waals surface area contributed by atoms with Gasteiger partial charge >= 0.3 is 19.6 Å². The maximum atomic E-state index is 14.2. The van der Waals surface area contributed by atoms with E-state index in [9.17, 15) is 18.4 Å². The Morgan fingerprint density at radius 2 is 1.10 bits per heavy atom. The SMILES string of the molecule is COC(=O)c1c(F)cc(OBOc2cc(F)c(C(=O)OC)c(OC)c2)cc1OC. The first-order valence-corrected chi connectivity index (χ1v) is 8.03. The van der Waals surface area contributed by atoms with Crippen LogP contribution < -0.4 is 18.8 Å². The Balaban J connectivity index is 2.16. The topological polar surface area (TPSA) is 89.5 Å². The van der Waals surface area contributed by atoms with Gasteiger partial charge in [-0.15, -0.1) is 0 Å². The van der Waals surface area contributed by atoms with Crippen molar-refractivity contribution in [3.8, 4) is 23.0 Å². The molecule has 0 amide bonds. The molecule has 0 saturated heterocycles. The highest BCUT2D eigenvalue weighted by atomic mass is 19.1. The molecule has 0 aliphatic rings. The lowest BCUT2D eigenvalue weighted by molar-refractivity contribution is 0.0582. The highest BCUT2D eigenvalue weighted by Crippen LogP contribution is 2.30. The molecule has 0 aromatic heterocycles. The van der Waals surface area contributed by atoms with Crippen molar-refractivity contribution in [2.24, 2.45) is 0 Å². The van der Waals surface area contributed by atoms with E-state index in [1.807, 2.05) is 0 Å². The van der Waals surface area contributed by atoms with Gasteiger partial charge in [0.05, 0.1) is 28.4 Å². The van der Waals surface area contributed by atoms with E-state index >= 15 is 0 Å². The van der Waals surface area contributed by atoms with E-state index < -0.39 is 31.3 Å². The number of benzene rings is 2.